The van der Waals surface area contributed by atoms with Crippen LogP contribution >= 0.6 is 0 Å². The van der Waals surface area contributed by atoms with Crippen LogP contribution in [0.2, 0.25) is 0 Å². The molecule has 2 rings (SSSR count). The Labute approximate surface area is 172 Å². The zero-order valence-electron chi connectivity index (χ0n) is 16.0. The van der Waals surface area contributed by atoms with Crippen molar-refractivity contribution >= 4 is 11.5 Å². The van der Waals surface area contributed by atoms with E-state index in [0.717, 1.165) is 17.0 Å². The maximum absolute atomic E-state index is 13.1. The van der Waals surface area contributed by atoms with E-state index in [0.29, 0.717) is 0 Å². The number of carbonyl (C=O) groups excluding carboxylic acids is 1. The first-order valence-corrected chi connectivity index (χ1v) is 8.84. The van der Waals surface area contributed by atoms with Crippen molar-refractivity contribution in [3.63, 3.8) is 0 Å². The van der Waals surface area contributed by atoms with Crippen LogP contribution in [0.25, 0.3) is 0 Å². The summed E-state index contributed by atoms with van der Waals surface area (Å²) in [5, 5.41) is 9.50. The molecule has 0 saturated heterocycles. The molecular formula is C20H18F7NO3. The average Bonchev–Trinajstić information content (AvgIpc) is 2.66. The van der Waals surface area contributed by atoms with Gasteiger partial charge in [-0.1, -0.05) is 24.3 Å². The Morgan fingerprint density at radius 1 is 1.06 bits per heavy atom. The van der Waals surface area contributed by atoms with Crippen LogP contribution in [-0.2, 0) is 6.54 Å². The van der Waals surface area contributed by atoms with Crippen LogP contribution in [0, 0.1) is 0 Å². The molecule has 0 heterocycles. The second-order valence-electron chi connectivity index (χ2n) is 6.66. The van der Waals surface area contributed by atoms with Gasteiger partial charge in [0.1, 0.15) is 5.75 Å². The number of aliphatic hydroxyl groups is 1. The normalized spacial score (nSPS) is 13.2. The zero-order valence-corrected chi connectivity index (χ0v) is 16.0. The first kappa shape index (κ1) is 24.4. The number of halogens is 7. The molecule has 0 bridgehead atoms. The van der Waals surface area contributed by atoms with Gasteiger partial charge in [0.2, 0.25) is 0 Å². The Morgan fingerprint density at radius 2 is 1.71 bits per heavy atom. The molecule has 4 nitrogen and oxygen atoms in total. The Bertz CT molecular complexity index is 902. The van der Waals surface area contributed by atoms with Gasteiger partial charge in [-0.15, -0.1) is 0 Å². The molecule has 0 spiro atoms. The summed E-state index contributed by atoms with van der Waals surface area (Å²) in [7, 11) is 0. The van der Waals surface area contributed by atoms with Gasteiger partial charge in [0, 0.05) is 17.8 Å². The smallest absolute Gasteiger partial charge is 0.428 e. The summed E-state index contributed by atoms with van der Waals surface area (Å²) >= 11 is 0. The summed E-state index contributed by atoms with van der Waals surface area (Å²) in [6.07, 6.45) is -16.5. The number of nitrogens with zero attached hydrogens (tertiary/aromatic N) is 1. The summed E-state index contributed by atoms with van der Waals surface area (Å²) in [5.74, 6) is -0.959. The standard InChI is InChI=1S/C20H18F7NO3/c1-12(29)14-5-3-6-15(9-14)28(11-17(30)19(23,24)25)10-13-4-2-7-16(8-13)31-20(26,27)18(21)22/h2-9,17-18,30H,10-11H2,1H3/t17-/m0/s1. The molecule has 0 fully saturated rings. The highest BCUT2D eigenvalue weighted by Gasteiger charge is 2.44. The number of anilines is 1. The summed E-state index contributed by atoms with van der Waals surface area (Å²) in [6.45, 7) is 0.00704. The molecule has 170 valence electrons. The minimum Gasteiger partial charge on any atom is -0.428 e. The van der Waals surface area contributed by atoms with Crippen molar-refractivity contribution in [2.75, 3.05) is 11.4 Å². The first-order chi connectivity index (χ1) is 14.3. The van der Waals surface area contributed by atoms with Gasteiger partial charge in [-0.3, -0.25) is 4.79 Å². The molecule has 0 amide bonds. The van der Waals surface area contributed by atoms with E-state index in [4.69, 9.17) is 0 Å². The van der Waals surface area contributed by atoms with E-state index in [9.17, 15) is 40.6 Å². The molecular weight excluding hydrogens is 435 g/mol. The van der Waals surface area contributed by atoms with Gasteiger partial charge in [0.15, 0.2) is 11.9 Å². The SMILES string of the molecule is CC(=O)c1cccc(N(Cc2cccc(OC(F)(F)C(F)F)c2)C[C@H](O)C(F)(F)F)c1. The van der Waals surface area contributed by atoms with Crippen molar-refractivity contribution in [1.29, 1.82) is 0 Å². The topological polar surface area (TPSA) is 49.8 Å². The minimum absolute atomic E-state index is 0.144. The Kier molecular flexibility index (Phi) is 7.53. The lowest BCUT2D eigenvalue weighted by Crippen LogP contribution is -2.41. The van der Waals surface area contributed by atoms with E-state index in [1.165, 1.54) is 43.3 Å². The van der Waals surface area contributed by atoms with Gasteiger partial charge in [-0.2, -0.15) is 30.7 Å². The van der Waals surface area contributed by atoms with Crippen LogP contribution in [0.1, 0.15) is 22.8 Å². The molecule has 1 atom stereocenters. The van der Waals surface area contributed by atoms with Crippen molar-refractivity contribution in [3.8, 4) is 5.75 Å². The first-order valence-electron chi connectivity index (χ1n) is 8.84. The Hall–Kier alpha value is -2.82. The molecule has 31 heavy (non-hydrogen) atoms. The van der Waals surface area contributed by atoms with Gasteiger partial charge in [0.05, 0.1) is 6.54 Å². The minimum atomic E-state index is -4.93. The average molecular weight is 453 g/mol. The van der Waals surface area contributed by atoms with Crippen LogP contribution in [0.3, 0.4) is 0 Å². The van der Waals surface area contributed by atoms with E-state index < -0.39 is 37.1 Å². The van der Waals surface area contributed by atoms with E-state index in [1.807, 2.05) is 0 Å². The van der Waals surface area contributed by atoms with Crippen LogP contribution in [-0.4, -0.2) is 42.2 Å². The fourth-order valence-electron chi connectivity index (χ4n) is 2.62. The predicted molar refractivity (Wildman–Crippen MR) is 97.6 cm³/mol. The maximum atomic E-state index is 13.1. The number of benzene rings is 2. The van der Waals surface area contributed by atoms with Crippen molar-refractivity contribution in [3.05, 3.63) is 59.7 Å². The Morgan fingerprint density at radius 3 is 2.29 bits per heavy atom. The van der Waals surface area contributed by atoms with Gasteiger partial charge in [0.25, 0.3) is 0 Å². The molecule has 0 aliphatic heterocycles. The molecule has 0 aliphatic rings. The monoisotopic (exact) mass is 453 g/mol. The van der Waals surface area contributed by atoms with E-state index in [1.54, 1.807) is 0 Å². The Balaban J connectivity index is 2.34. The lowest BCUT2D eigenvalue weighted by molar-refractivity contribution is -0.253. The molecule has 0 unspecified atom stereocenters. The second-order valence-corrected chi connectivity index (χ2v) is 6.66. The number of hydrogen-bond acceptors (Lipinski definition) is 4. The third kappa shape index (κ3) is 6.84. The van der Waals surface area contributed by atoms with Gasteiger partial charge >= 0.3 is 18.7 Å². The number of carbonyl (C=O) groups is 1. The third-order valence-electron chi connectivity index (χ3n) is 4.17. The summed E-state index contributed by atoms with van der Waals surface area (Å²) < 4.78 is 93.6. The molecule has 2 aromatic carbocycles. The molecule has 0 radical (unpaired) electrons. The number of aliphatic hydroxyl groups excluding tert-OH is 1. The number of rotatable bonds is 9. The molecule has 0 aromatic heterocycles. The summed E-state index contributed by atoms with van der Waals surface area (Å²) in [5.41, 5.74) is 0.503. The number of alkyl halides is 7. The van der Waals surface area contributed by atoms with Crippen LogP contribution in [0.15, 0.2) is 48.5 Å². The van der Waals surface area contributed by atoms with E-state index in [-0.39, 0.29) is 29.1 Å². The maximum Gasteiger partial charge on any atom is 0.461 e. The highest BCUT2D eigenvalue weighted by Crippen LogP contribution is 2.29. The number of ether oxygens (including phenoxy) is 1. The molecule has 0 saturated carbocycles. The molecule has 1 N–H and O–H groups in total. The third-order valence-corrected chi connectivity index (χ3v) is 4.17. The highest BCUT2D eigenvalue weighted by atomic mass is 19.4. The number of Topliss-reactive ketones (excluding diaryl/α,β-unsaturated/α-hetero) is 1. The fraction of sp³-hybridized carbons (Fsp3) is 0.350. The van der Waals surface area contributed by atoms with Crippen molar-refractivity contribution < 1.29 is 45.4 Å². The van der Waals surface area contributed by atoms with Gasteiger partial charge in [-0.05, 0) is 36.8 Å². The van der Waals surface area contributed by atoms with E-state index in [2.05, 4.69) is 4.74 Å². The lowest BCUT2D eigenvalue weighted by atomic mass is 10.1. The summed E-state index contributed by atoms with van der Waals surface area (Å²) in [4.78, 5) is 12.7. The van der Waals surface area contributed by atoms with E-state index >= 15 is 0 Å². The number of hydrogen-bond donors (Lipinski definition) is 1. The van der Waals surface area contributed by atoms with Crippen molar-refractivity contribution in [1.82, 2.24) is 0 Å². The fourth-order valence-corrected chi connectivity index (χ4v) is 2.62. The van der Waals surface area contributed by atoms with Crippen LogP contribution in [0.4, 0.5) is 36.4 Å². The van der Waals surface area contributed by atoms with Crippen molar-refractivity contribution in [2.24, 2.45) is 0 Å². The molecule has 11 heteroatoms. The quantitative estimate of drug-likeness (QED) is 0.426. The second kappa shape index (κ2) is 9.54. The largest absolute Gasteiger partial charge is 0.461 e. The number of ketones is 1. The van der Waals surface area contributed by atoms with Gasteiger partial charge < -0.3 is 14.7 Å². The van der Waals surface area contributed by atoms with Crippen LogP contribution in [0.5, 0.6) is 5.75 Å². The molecule has 0 aliphatic carbocycles. The lowest BCUT2D eigenvalue weighted by Gasteiger charge is -2.29. The molecule has 2 aromatic rings. The van der Waals surface area contributed by atoms with Crippen molar-refractivity contribution in [2.45, 2.75) is 38.3 Å². The zero-order chi connectivity index (χ0) is 23.4. The van der Waals surface area contributed by atoms with Gasteiger partial charge in [-0.25, -0.2) is 0 Å². The van der Waals surface area contributed by atoms with Crippen LogP contribution < -0.4 is 9.64 Å². The summed E-state index contributed by atoms with van der Waals surface area (Å²) in [6, 6.07) is 10.1. The predicted octanol–water partition coefficient (Wildman–Crippen LogP) is 5.06. The highest BCUT2D eigenvalue weighted by molar-refractivity contribution is 5.95.